The Balaban J connectivity index is 2.50. The van der Waals surface area contributed by atoms with Gasteiger partial charge in [0, 0.05) is 6.04 Å². The molecule has 2 unspecified atom stereocenters. The SMILES string of the molecule is CCCCC(CC)C(NCC)C1CCCC1. The van der Waals surface area contributed by atoms with E-state index >= 15 is 0 Å². The van der Waals surface area contributed by atoms with E-state index in [9.17, 15) is 0 Å². The summed E-state index contributed by atoms with van der Waals surface area (Å²) < 4.78 is 0. The molecule has 0 aromatic rings. The van der Waals surface area contributed by atoms with E-state index in [-0.39, 0.29) is 0 Å². The van der Waals surface area contributed by atoms with Gasteiger partial charge in [0.15, 0.2) is 0 Å². The van der Waals surface area contributed by atoms with E-state index in [1.165, 1.54) is 51.4 Å². The fourth-order valence-corrected chi connectivity index (χ4v) is 3.37. The highest BCUT2D eigenvalue weighted by Gasteiger charge is 2.29. The molecule has 96 valence electrons. The number of hydrogen-bond donors (Lipinski definition) is 1. The summed E-state index contributed by atoms with van der Waals surface area (Å²) in [4.78, 5) is 0. The molecule has 1 aliphatic rings. The number of nitrogens with one attached hydrogen (secondary N) is 1. The molecule has 0 heterocycles. The lowest BCUT2D eigenvalue weighted by Gasteiger charge is -2.32. The second-order valence-corrected chi connectivity index (χ2v) is 5.44. The van der Waals surface area contributed by atoms with Gasteiger partial charge in [-0.3, -0.25) is 0 Å². The largest absolute Gasteiger partial charge is 0.314 e. The van der Waals surface area contributed by atoms with Crippen LogP contribution in [0.2, 0.25) is 0 Å². The summed E-state index contributed by atoms with van der Waals surface area (Å²) in [6, 6.07) is 0.809. The molecule has 1 aliphatic carbocycles. The standard InChI is InChI=1S/C15H31N/c1-4-7-10-13(5-2)15(16-6-3)14-11-8-9-12-14/h13-16H,4-12H2,1-3H3. The summed E-state index contributed by atoms with van der Waals surface area (Å²) in [6.07, 6.45) is 11.4. The third-order valence-electron chi connectivity index (χ3n) is 4.31. The summed E-state index contributed by atoms with van der Waals surface area (Å²) in [6.45, 7) is 8.09. The molecule has 0 radical (unpaired) electrons. The first-order valence-electron chi connectivity index (χ1n) is 7.56. The molecule has 0 aromatic heterocycles. The Morgan fingerprint density at radius 1 is 1.12 bits per heavy atom. The van der Waals surface area contributed by atoms with Gasteiger partial charge in [0.25, 0.3) is 0 Å². The fraction of sp³-hybridized carbons (Fsp3) is 1.00. The van der Waals surface area contributed by atoms with Crippen LogP contribution in [0.15, 0.2) is 0 Å². The number of rotatable bonds is 8. The minimum absolute atomic E-state index is 0.809. The summed E-state index contributed by atoms with van der Waals surface area (Å²) in [5.74, 6) is 1.89. The van der Waals surface area contributed by atoms with Gasteiger partial charge in [-0.25, -0.2) is 0 Å². The number of unbranched alkanes of at least 4 members (excludes halogenated alkanes) is 1. The van der Waals surface area contributed by atoms with Crippen molar-refractivity contribution in [1.29, 1.82) is 0 Å². The van der Waals surface area contributed by atoms with Crippen LogP contribution in [0.4, 0.5) is 0 Å². The van der Waals surface area contributed by atoms with Crippen molar-refractivity contribution in [3.05, 3.63) is 0 Å². The smallest absolute Gasteiger partial charge is 0.0123 e. The van der Waals surface area contributed by atoms with E-state index in [0.29, 0.717) is 0 Å². The molecule has 16 heavy (non-hydrogen) atoms. The van der Waals surface area contributed by atoms with Crippen molar-refractivity contribution in [1.82, 2.24) is 5.32 Å². The highest BCUT2D eigenvalue weighted by molar-refractivity contribution is 4.85. The van der Waals surface area contributed by atoms with E-state index in [1.807, 2.05) is 0 Å². The molecular formula is C15H31N. The lowest BCUT2D eigenvalue weighted by atomic mass is 9.82. The third kappa shape index (κ3) is 4.08. The van der Waals surface area contributed by atoms with Gasteiger partial charge in [-0.1, -0.05) is 52.9 Å². The Morgan fingerprint density at radius 3 is 2.31 bits per heavy atom. The molecule has 1 heteroatoms. The first-order chi connectivity index (χ1) is 7.83. The molecular weight excluding hydrogens is 194 g/mol. The van der Waals surface area contributed by atoms with Gasteiger partial charge in [-0.15, -0.1) is 0 Å². The molecule has 1 nitrogen and oxygen atoms in total. The van der Waals surface area contributed by atoms with Crippen molar-refractivity contribution in [2.24, 2.45) is 11.8 Å². The molecule has 1 N–H and O–H groups in total. The van der Waals surface area contributed by atoms with E-state index in [4.69, 9.17) is 0 Å². The fourth-order valence-electron chi connectivity index (χ4n) is 3.37. The van der Waals surface area contributed by atoms with E-state index in [1.54, 1.807) is 0 Å². The minimum Gasteiger partial charge on any atom is -0.314 e. The van der Waals surface area contributed by atoms with Gasteiger partial charge in [0.05, 0.1) is 0 Å². The quantitative estimate of drug-likeness (QED) is 0.647. The van der Waals surface area contributed by atoms with Gasteiger partial charge < -0.3 is 5.32 Å². The maximum absolute atomic E-state index is 3.78. The van der Waals surface area contributed by atoms with E-state index in [0.717, 1.165) is 24.4 Å². The number of hydrogen-bond acceptors (Lipinski definition) is 1. The van der Waals surface area contributed by atoms with Crippen LogP contribution in [0.3, 0.4) is 0 Å². The molecule has 0 bridgehead atoms. The van der Waals surface area contributed by atoms with Crippen molar-refractivity contribution in [2.45, 2.75) is 78.2 Å². The van der Waals surface area contributed by atoms with Crippen LogP contribution < -0.4 is 5.32 Å². The zero-order valence-electron chi connectivity index (χ0n) is 11.6. The van der Waals surface area contributed by atoms with Crippen LogP contribution in [0.5, 0.6) is 0 Å². The van der Waals surface area contributed by atoms with Crippen LogP contribution in [0.25, 0.3) is 0 Å². The Kier molecular flexibility index (Phi) is 7.11. The zero-order chi connectivity index (χ0) is 11.8. The van der Waals surface area contributed by atoms with Crippen molar-refractivity contribution in [3.8, 4) is 0 Å². The molecule has 0 aromatic carbocycles. The lowest BCUT2D eigenvalue weighted by molar-refractivity contribution is 0.240. The molecule has 0 aliphatic heterocycles. The average Bonchev–Trinajstić information content (AvgIpc) is 2.82. The van der Waals surface area contributed by atoms with Crippen LogP contribution in [-0.2, 0) is 0 Å². The Hall–Kier alpha value is -0.0400. The van der Waals surface area contributed by atoms with Gasteiger partial charge in [0.1, 0.15) is 0 Å². The average molecular weight is 225 g/mol. The topological polar surface area (TPSA) is 12.0 Å². The Bertz CT molecular complexity index is 161. The van der Waals surface area contributed by atoms with Crippen molar-refractivity contribution in [2.75, 3.05) is 6.54 Å². The molecule has 2 atom stereocenters. The summed E-state index contributed by atoms with van der Waals surface area (Å²) in [5.41, 5.74) is 0. The van der Waals surface area contributed by atoms with Crippen LogP contribution >= 0.6 is 0 Å². The van der Waals surface area contributed by atoms with Crippen LogP contribution in [-0.4, -0.2) is 12.6 Å². The highest BCUT2D eigenvalue weighted by atomic mass is 14.9. The van der Waals surface area contributed by atoms with Crippen molar-refractivity contribution < 1.29 is 0 Å². The Morgan fingerprint density at radius 2 is 1.81 bits per heavy atom. The van der Waals surface area contributed by atoms with Crippen LogP contribution in [0, 0.1) is 11.8 Å². The molecule has 1 rings (SSSR count). The van der Waals surface area contributed by atoms with Gasteiger partial charge >= 0.3 is 0 Å². The van der Waals surface area contributed by atoms with E-state index in [2.05, 4.69) is 26.1 Å². The van der Waals surface area contributed by atoms with Crippen LogP contribution in [0.1, 0.15) is 72.1 Å². The normalized spacial score (nSPS) is 21.2. The lowest BCUT2D eigenvalue weighted by Crippen LogP contribution is -2.41. The first-order valence-corrected chi connectivity index (χ1v) is 7.56. The third-order valence-corrected chi connectivity index (χ3v) is 4.31. The maximum Gasteiger partial charge on any atom is 0.0123 e. The predicted molar refractivity (Wildman–Crippen MR) is 72.7 cm³/mol. The second-order valence-electron chi connectivity index (χ2n) is 5.44. The Labute approximate surface area is 102 Å². The molecule has 1 saturated carbocycles. The summed E-state index contributed by atoms with van der Waals surface area (Å²) in [7, 11) is 0. The summed E-state index contributed by atoms with van der Waals surface area (Å²) in [5, 5.41) is 3.78. The van der Waals surface area contributed by atoms with Gasteiger partial charge in [-0.05, 0) is 37.6 Å². The molecule has 0 amide bonds. The van der Waals surface area contributed by atoms with Crippen molar-refractivity contribution in [3.63, 3.8) is 0 Å². The molecule has 0 saturated heterocycles. The molecule has 0 spiro atoms. The minimum atomic E-state index is 0.809. The van der Waals surface area contributed by atoms with Crippen molar-refractivity contribution >= 4 is 0 Å². The highest BCUT2D eigenvalue weighted by Crippen LogP contribution is 2.33. The first kappa shape index (κ1) is 14.0. The van der Waals surface area contributed by atoms with Gasteiger partial charge in [-0.2, -0.15) is 0 Å². The monoisotopic (exact) mass is 225 g/mol. The van der Waals surface area contributed by atoms with Gasteiger partial charge in [0.2, 0.25) is 0 Å². The molecule has 1 fully saturated rings. The zero-order valence-corrected chi connectivity index (χ0v) is 11.6. The second kappa shape index (κ2) is 8.11. The van der Waals surface area contributed by atoms with E-state index < -0.39 is 0 Å². The summed E-state index contributed by atoms with van der Waals surface area (Å²) >= 11 is 0. The predicted octanol–water partition coefficient (Wildman–Crippen LogP) is 4.37. The maximum atomic E-state index is 3.78.